The summed E-state index contributed by atoms with van der Waals surface area (Å²) < 4.78 is 43.6. The molecule has 0 unspecified atom stereocenters. The van der Waals surface area contributed by atoms with Crippen LogP contribution in [-0.4, -0.2) is 34.3 Å². The molecule has 1 aliphatic rings. The normalized spacial score (nSPS) is 16.2. The molecule has 0 bridgehead atoms. The second kappa shape index (κ2) is 9.58. The van der Waals surface area contributed by atoms with Gasteiger partial charge in [-0.2, -0.15) is 13.2 Å². The Bertz CT molecular complexity index is 1140. The van der Waals surface area contributed by atoms with Gasteiger partial charge in [-0.3, -0.25) is 9.59 Å². The van der Waals surface area contributed by atoms with Crippen molar-refractivity contribution in [2.24, 2.45) is 5.92 Å². The SMILES string of the molecule is O=C1CC[C@H](C(=O)Nc2cc(-c3cccc(COCC(F)(F)F)c3)n(-c3ccccc3)n2)C1. The van der Waals surface area contributed by atoms with E-state index in [4.69, 9.17) is 4.74 Å². The van der Waals surface area contributed by atoms with Gasteiger partial charge >= 0.3 is 6.18 Å². The van der Waals surface area contributed by atoms with Gasteiger partial charge in [0.1, 0.15) is 12.4 Å². The molecule has 0 spiro atoms. The Morgan fingerprint density at radius 3 is 2.61 bits per heavy atom. The first-order valence-corrected chi connectivity index (χ1v) is 10.5. The number of halogens is 3. The van der Waals surface area contributed by atoms with E-state index in [-0.39, 0.29) is 30.6 Å². The molecule has 1 amide bonds. The van der Waals surface area contributed by atoms with Crippen molar-refractivity contribution in [3.8, 4) is 16.9 Å². The highest BCUT2D eigenvalue weighted by Crippen LogP contribution is 2.29. The van der Waals surface area contributed by atoms with Crippen LogP contribution >= 0.6 is 0 Å². The minimum atomic E-state index is -4.39. The number of benzene rings is 2. The number of hydrogen-bond donors (Lipinski definition) is 1. The fourth-order valence-corrected chi connectivity index (χ4v) is 3.79. The quantitative estimate of drug-likeness (QED) is 0.546. The summed E-state index contributed by atoms with van der Waals surface area (Å²) in [5, 5.41) is 7.33. The number of nitrogens with one attached hydrogen (secondary N) is 1. The number of hydrogen-bond acceptors (Lipinski definition) is 4. The zero-order chi connectivity index (χ0) is 23.4. The van der Waals surface area contributed by atoms with Crippen LogP contribution in [0.3, 0.4) is 0 Å². The topological polar surface area (TPSA) is 73.2 Å². The van der Waals surface area contributed by atoms with Crippen LogP contribution < -0.4 is 5.32 Å². The van der Waals surface area contributed by atoms with E-state index in [2.05, 4.69) is 10.4 Å². The van der Waals surface area contributed by atoms with Gasteiger partial charge < -0.3 is 10.1 Å². The van der Waals surface area contributed by atoms with Gasteiger partial charge in [-0.1, -0.05) is 36.4 Å². The van der Waals surface area contributed by atoms with Crippen LogP contribution in [0.4, 0.5) is 19.0 Å². The van der Waals surface area contributed by atoms with Crippen molar-refractivity contribution >= 4 is 17.5 Å². The predicted octanol–water partition coefficient (Wildman–Crippen LogP) is 4.93. The number of amides is 1. The highest BCUT2D eigenvalue weighted by Gasteiger charge is 2.29. The molecule has 33 heavy (non-hydrogen) atoms. The number of aromatic nitrogens is 2. The van der Waals surface area contributed by atoms with E-state index in [1.165, 1.54) is 0 Å². The van der Waals surface area contributed by atoms with Crippen LogP contribution in [0.25, 0.3) is 16.9 Å². The van der Waals surface area contributed by atoms with Crippen LogP contribution in [0.5, 0.6) is 0 Å². The molecular formula is C24H22F3N3O3. The first-order chi connectivity index (χ1) is 15.8. The smallest absolute Gasteiger partial charge is 0.367 e. The highest BCUT2D eigenvalue weighted by atomic mass is 19.4. The zero-order valence-electron chi connectivity index (χ0n) is 17.6. The predicted molar refractivity (Wildman–Crippen MR) is 116 cm³/mol. The minimum Gasteiger partial charge on any atom is -0.367 e. The Hall–Kier alpha value is -3.46. The number of anilines is 1. The lowest BCUT2D eigenvalue weighted by molar-refractivity contribution is -0.176. The third-order valence-corrected chi connectivity index (χ3v) is 5.34. The van der Waals surface area contributed by atoms with E-state index in [1.807, 2.05) is 36.4 Å². The third-order valence-electron chi connectivity index (χ3n) is 5.34. The first kappa shape index (κ1) is 22.7. The van der Waals surface area contributed by atoms with E-state index in [0.29, 0.717) is 35.5 Å². The summed E-state index contributed by atoms with van der Waals surface area (Å²) in [4.78, 5) is 24.1. The number of carbonyl (C=O) groups is 2. The number of ether oxygens (including phenoxy) is 1. The summed E-state index contributed by atoms with van der Waals surface area (Å²) in [5.74, 6) is -0.205. The maximum Gasteiger partial charge on any atom is 0.411 e. The molecule has 0 radical (unpaired) electrons. The van der Waals surface area contributed by atoms with Crippen LogP contribution in [0, 0.1) is 5.92 Å². The molecule has 1 fully saturated rings. The number of Topliss-reactive ketones (excluding diaryl/α,β-unsaturated/α-hetero) is 1. The highest BCUT2D eigenvalue weighted by molar-refractivity contribution is 5.97. The fourth-order valence-electron chi connectivity index (χ4n) is 3.79. The molecule has 1 aromatic heterocycles. The van der Waals surface area contributed by atoms with E-state index >= 15 is 0 Å². The number of para-hydroxylation sites is 1. The first-order valence-electron chi connectivity index (χ1n) is 10.5. The Morgan fingerprint density at radius 2 is 1.91 bits per heavy atom. The molecule has 172 valence electrons. The second-order valence-corrected chi connectivity index (χ2v) is 7.94. The Morgan fingerprint density at radius 1 is 1.12 bits per heavy atom. The number of carbonyl (C=O) groups excluding carboxylic acids is 2. The van der Waals surface area contributed by atoms with Crippen molar-refractivity contribution in [2.45, 2.75) is 32.0 Å². The van der Waals surface area contributed by atoms with Crippen molar-refractivity contribution in [1.29, 1.82) is 0 Å². The summed E-state index contributed by atoms with van der Waals surface area (Å²) in [5.41, 5.74) is 2.68. The molecule has 0 saturated heterocycles. The van der Waals surface area contributed by atoms with Gasteiger partial charge in [0, 0.05) is 30.4 Å². The number of nitrogens with zero attached hydrogens (tertiary/aromatic N) is 2. The average Bonchev–Trinajstić information content (AvgIpc) is 3.40. The van der Waals surface area contributed by atoms with Crippen LogP contribution in [0.2, 0.25) is 0 Å². The minimum absolute atomic E-state index is 0.0789. The molecule has 6 nitrogen and oxygen atoms in total. The third kappa shape index (κ3) is 5.87. The Balaban J connectivity index is 1.61. The van der Waals surface area contributed by atoms with Crippen LogP contribution in [0.1, 0.15) is 24.8 Å². The number of ketones is 1. The van der Waals surface area contributed by atoms with Crippen molar-refractivity contribution in [3.63, 3.8) is 0 Å². The Kier molecular flexibility index (Phi) is 6.60. The molecule has 1 atom stereocenters. The van der Waals surface area contributed by atoms with Gasteiger partial charge in [0.05, 0.1) is 18.0 Å². The standard InChI is InChI=1S/C24H22F3N3O3/c25-24(26,27)15-33-14-16-5-4-6-17(11-16)21-13-22(28-23(32)18-9-10-20(31)12-18)29-30(21)19-7-2-1-3-8-19/h1-8,11,13,18H,9-10,12,14-15H2,(H,28,29,32)/t18-/m0/s1. The summed E-state index contributed by atoms with van der Waals surface area (Å²) in [6.07, 6.45) is -3.22. The lowest BCUT2D eigenvalue weighted by Crippen LogP contribution is -2.21. The zero-order valence-corrected chi connectivity index (χ0v) is 17.6. The molecule has 1 N–H and O–H groups in total. The van der Waals surface area contributed by atoms with Gasteiger partial charge in [-0.15, -0.1) is 5.10 Å². The molecule has 1 saturated carbocycles. The van der Waals surface area contributed by atoms with E-state index in [9.17, 15) is 22.8 Å². The van der Waals surface area contributed by atoms with Crippen molar-refractivity contribution in [2.75, 3.05) is 11.9 Å². The molecule has 0 aliphatic heterocycles. The number of rotatable bonds is 7. The van der Waals surface area contributed by atoms with Gasteiger partial charge in [-0.05, 0) is 30.2 Å². The monoisotopic (exact) mass is 457 g/mol. The largest absolute Gasteiger partial charge is 0.411 e. The molecule has 3 aromatic rings. The van der Waals surface area contributed by atoms with E-state index in [0.717, 1.165) is 5.69 Å². The van der Waals surface area contributed by atoms with Crippen LogP contribution in [-0.2, 0) is 20.9 Å². The second-order valence-electron chi connectivity index (χ2n) is 7.94. The fraction of sp³-hybridized carbons (Fsp3) is 0.292. The summed E-state index contributed by atoms with van der Waals surface area (Å²) in [6.45, 7) is -1.51. The van der Waals surface area contributed by atoms with Gasteiger partial charge in [-0.25, -0.2) is 4.68 Å². The number of alkyl halides is 3. The van der Waals surface area contributed by atoms with Crippen LogP contribution in [0.15, 0.2) is 60.7 Å². The lowest BCUT2D eigenvalue weighted by Gasteiger charge is -2.10. The van der Waals surface area contributed by atoms with Gasteiger partial charge in [0.15, 0.2) is 5.82 Å². The van der Waals surface area contributed by atoms with E-state index < -0.39 is 12.8 Å². The maximum absolute atomic E-state index is 12.6. The van der Waals surface area contributed by atoms with E-state index in [1.54, 1.807) is 28.9 Å². The lowest BCUT2D eigenvalue weighted by atomic mass is 10.1. The van der Waals surface area contributed by atoms with Gasteiger partial charge in [0.2, 0.25) is 5.91 Å². The molecule has 9 heteroatoms. The average molecular weight is 457 g/mol. The molecule has 4 rings (SSSR count). The molecular weight excluding hydrogens is 435 g/mol. The summed E-state index contributed by atoms with van der Waals surface area (Å²) >= 11 is 0. The van der Waals surface area contributed by atoms with Crippen molar-refractivity contribution in [1.82, 2.24) is 9.78 Å². The van der Waals surface area contributed by atoms with Crippen molar-refractivity contribution < 1.29 is 27.5 Å². The molecule has 1 heterocycles. The molecule has 1 aliphatic carbocycles. The van der Waals surface area contributed by atoms with Crippen molar-refractivity contribution in [3.05, 3.63) is 66.2 Å². The molecule has 2 aromatic carbocycles. The van der Waals surface area contributed by atoms with Gasteiger partial charge in [0.25, 0.3) is 0 Å². The maximum atomic E-state index is 12.6. The summed E-state index contributed by atoms with van der Waals surface area (Å²) in [6, 6.07) is 17.9. The Labute approximate surface area is 188 Å². The summed E-state index contributed by atoms with van der Waals surface area (Å²) in [7, 11) is 0.